The van der Waals surface area contributed by atoms with Gasteiger partial charge in [-0.15, -0.1) is 0 Å². The predicted molar refractivity (Wildman–Crippen MR) is 76.7 cm³/mol. The Bertz CT molecular complexity index is 493. The van der Waals surface area contributed by atoms with Crippen molar-refractivity contribution in [3.63, 3.8) is 0 Å². The minimum absolute atomic E-state index is 0.280. The molecular weight excluding hydrogens is 272 g/mol. The summed E-state index contributed by atoms with van der Waals surface area (Å²) in [6, 6.07) is 8.48. The largest absolute Gasteiger partial charge is 0.469 e. The lowest BCUT2D eigenvalue weighted by molar-refractivity contribution is -0.140. The van der Waals surface area contributed by atoms with Crippen LogP contribution in [0.2, 0.25) is 0 Å². The van der Waals surface area contributed by atoms with E-state index in [9.17, 15) is 14.4 Å². The summed E-state index contributed by atoms with van der Waals surface area (Å²) in [4.78, 5) is 33.6. The van der Waals surface area contributed by atoms with E-state index in [1.807, 2.05) is 0 Å². The van der Waals surface area contributed by atoms with E-state index < -0.39 is 12.1 Å². The summed E-state index contributed by atoms with van der Waals surface area (Å²) in [7, 11) is 1.33. The van der Waals surface area contributed by atoms with E-state index in [1.165, 1.54) is 7.11 Å². The maximum Gasteiger partial charge on any atom is 0.338 e. The number of rotatable bonds is 8. The van der Waals surface area contributed by atoms with E-state index in [0.29, 0.717) is 18.3 Å². The van der Waals surface area contributed by atoms with Gasteiger partial charge in [0.25, 0.3) is 0 Å². The molecule has 0 bridgehead atoms. The van der Waals surface area contributed by atoms with Crippen molar-refractivity contribution in [3.05, 3.63) is 48.0 Å². The lowest BCUT2D eigenvalue weighted by atomic mass is 10.2. The second-order valence-electron chi connectivity index (χ2n) is 4.27. The first kappa shape index (κ1) is 16.6. The van der Waals surface area contributed by atoms with Crippen LogP contribution in [0.15, 0.2) is 42.5 Å². The summed E-state index contributed by atoms with van der Waals surface area (Å²) in [6.07, 6.45) is 4.30. The van der Waals surface area contributed by atoms with Gasteiger partial charge in [0.2, 0.25) is 0 Å². The van der Waals surface area contributed by atoms with E-state index in [2.05, 4.69) is 4.74 Å². The van der Waals surface area contributed by atoms with Gasteiger partial charge in [-0.05, 0) is 18.6 Å². The molecule has 0 aliphatic rings. The molecule has 5 nitrogen and oxygen atoms in total. The van der Waals surface area contributed by atoms with Crippen molar-refractivity contribution in [2.45, 2.75) is 25.4 Å². The average molecular weight is 290 g/mol. The first-order valence-corrected chi connectivity index (χ1v) is 6.60. The maximum atomic E-state index is 11.8. The number of carbonyl (C=O) groups excluding carboxylic acids is 3. The molecule has 0 aromatic heterocycles. The molecule has 0 fully saturated rings. The number of carbonyl (C=O) groups is 3. The summed E-state index contributed by atoms with van der Waals surface area (Å²) < 4.78 is 9.59. The van der Waals surface area contributed by atoms with Gasteiger partial charge in [0, 0.05) is 12.8 Å². The fourth-order valence-electron chi connectivity index (χ4n) is 1.56. The molecule has 0 aliphatic heterocycles. The Morgan fingerprint density at radius 2 is 1.90 bits per heavy atom. The Balaban J connectivity index is 2.38. The number of ether oxygens (including phenoxy) is 2. The molecule has 0 saturated heterocycles. The van der Waals surface area contributed by atoms with Crippen LogP contribution in [0, 0.1) is 0 Å². The highest BCUT2D eigenvalue weighted by molar-refractivity contribution is 5.90. The zero-order valence-corrected chi connectivity index (χ0v) is 11.9. The van der Waals surface area contributed by atoms with Gasteiger partial charge in [-0.1, -0.05) is 30.4 Å². The second-order valence-corrected chi connectivity index (χ2v) is 4.27. The van der Waals surface area contributed by atoms with Crippen molar-refractivity contribution in [2.24, 2.45) is 0 Å². The van der Waals surface area contributed by atoms with Crippen LogP contribution in [-0.2, 0) is 19.1 Å². The monoisotopic (exact) mass is 290 g/mol. The van der Waals surface area contributed by atoms with Gasteiger partial charge in [-0.2, -0.15) is 0 Å². The molecule has 0 radical (unpaired) electrons. The lowest BCUT2D eigenvalue weighted by Crippen LogP contribution is -2.19. The number of aldehydes is 1. The van der Waals surface area contributed by atoms with Crippen LogP contribution in [0.25, 0.3) is 0 Å². The molecule has 1 aromatic carbocycles. The second kappa shape index (κ2) is 9.47. The molecule has 0 heterocycles. The number of allylic oxidation sites excluding steroid dienone is 1. The number of methoxy groups -OCH3 is 1. The SMILES string of the molecule is COC(=O)CC/C=C\C[C@@H](C=O)OC(=O)c1ccccc1. The highest BCUT2D eigenvalue weighted by Crippen LogP contribution is 2.06. The normalized spacial score (nSPS) is 11.9. The summed E-state index contributed by atoms with van der Waals surface area (Å²) in [5.74, 6) is -0.822. The first-order valence-electron chi connectivity index (χ1n) is 6.60. The first-order chi connectivity index (χ1) is 10.2. The molecule has 112 valence electrons. The summed E-state index contributed by atoms with van der Waals surface area (Å²) in [5.41, 5.74) is 0.402. The number of hydrogen-bond acceptors (Lipinski definition) is 5. The molecule has 0 saturated carbocycles. The van der Waals surface area contributed by atoms with Gasteiger partial charge in [-0.3, -0.25) is 9.59 Å². The zero-order chi connectivity index (χ0) is 15.5. The Morgan fingerprint density at radius 1 is 1.19 bits per heavy atom. The highest BCUT2D eigenvalue weighted by Gasteiger charge is 2.13. The van der Waals surface area contributed by atoms with Crippen molar-refractivity contribution in [2.75, 3.05) is 7.11 Å². The summed E-state index contributed by atoms with van der Waals surface area (Å²) in [6.45, 7) is 0. The van der Waals surface area contributed by atoms with Gasteiger partial charge in [0.15, 0.2) is 12.4 Å². The Morgan fingerprint density at radius 3 is 2.52 bits per heavy atom. The van der Waals surface area contributed by atoms with Gasteiger partial charge in [0.05, 0.1) is 12.7 Å². The average Bonchev–Trinajstić information content (AvgIpc) is 2.53. The molecule has 5 heteroatoms. The Labute approximate surface area is 123 Å². The van der Waals surface area contributed by atoms with E-state index >= 15 is 0 Å². The molecule has 0 unspecified atom stereocenters. The van der Waals surface area contributed by atoms with E-state index in [4.69, 9.17) is 4.74 Å². The lowest BCUT2D eigenvalue weighted by Gasteiger charge is -2.09. The molecule has 0 aliphatic carbocycles. The fraction of sp³-hybridized carbons (Fsp3) is 0.312. The van der Waals surface area contributed by atoms with Crippen molar-refractivity contribution in [1.82, 2.24) is 0 Å². The maximum absolute atomic E-state index is 11.8. The number of esters is 2. The van der Waals surface area contributed by atoms with Crippen LogP contribution in [0.5, 0.6) is 0 Å². The van der Waals surface area contributed by atoms with Crippen LogP contribution < -0.4 is 0 Å². The van der Waals surface area contributed by atoms with Gasteiger partial charge in [-0.25, -0.2) is 4.79 Å². The van der Waals surface area contributed by atoms with E-state index in [0.717, 1.165) is 0 Å². The number of benzene rings is 1. The van der Waals surface area contributed by atoms with E-state index in [-0.39, 0.29) is 18.8 Å². The standard InChI is InChI=1S/C16H18O5/c1-20-15(18)11-7-3-6-10-14(12-17)21-16(19)13-8-4-2-5-9-13/h2-6,8-9,12,14H,7,10-11H2,1H3/b6-3-/t14-/m0/s1. The minimum atomic E-state index is -0.827. The van der Waals surface area contributed by atoms with E-state index in [1.54, 1.807) is 42.5 Å². The van der Waals surface area contributed by atoms with Crippen molar-refractivity contribution in [1.29, 1.82) is 0 Å². The fourth-order valence-corrected chi connectivity index (χ4v) is 1.56. The van der Waals surface area contributed by atoms with Crippen LogP contribution in [0.3, 0.4) is 0 Å². The minimum Gasteiger partial charge on any atom is -0.469 e. The molecule has 0 amide bonds. The molecule has 1 aromatic rings. The molecular formula is C16H18O5. The van der Waals surface area contributed by atoms with Gasteiger partial charge >= 0.3 is 11.9 Å². The number of hydrogen-bond donors (Lipinski definition) is 0. The van der Waals surface area contributed by atoms with Crippen molar-refractivity contribution >= 4 is 18.2 Å². The molecule has 1 atom stereocenters. The van der Waals surface area contributed by atoms with Gasteiger partial charge in [0.1, 0.15) is 0 Å². The molecule has 21 heavy (non-hydrogen) atoms. The highest BCUT2D eigenvalue weighted by atomic mass is 16.5. The zero-order valence-electron chi connectivity index (χ0n) is 11.9. The molecule has 0 N–H and O–H groups in total. The molecule has 0 spiro atoms. The van der Waals surface area contributed by atoms with Crippen LogP contribution in [0.4, 0.5) is 0 Å². The van der Waals surface area contributed by atoms with Crippen LogP contribution in [0.1, 0.15) is 29.6 Å². The predicted octanol–water partition coefficient (Wildman–Crippen LogP) is 2.31. The van der Waals surface area contributed by atoms with Gasteiger partial charge < -0.3 is 9.47 Å². The van der Waals surface area contributed by atoms with Crippen LogP contribution in [-0.4, -0.2) is 31.4 Å². The third-order valence-electron chi connectivity index (χ3n) is 2.70. The third-order valence-corrected chi connectivity index (χ3v) is 2.70. The summed E-state index contributed by atoms with van der Waals surface area (Å²) in [5, 5.41) is 0. The Kier molecular flexibility index (Phi) is 7.50. The van der Waals surface area contributed by atoms with Crippen molar-refractivity contribution in [3.8, 4) is 0 Å². The summed E-state index contributed by atoms with van der Waals surface area (Å²) >= 11 is 0. The quantitative estimate of drug-likeness (QED) is 0.417. The van der Waals surface area contributed by atoms with Crippen molar-refractivity contribution < 1.29 is 23.9 Å². The molecule has 1 rings (SSSR count). The van der Waals surface area contributed by atoms with Crippen LogP contribution >= 0.6 is 0 Å². The third kappa shape index (κ3) is 6.51. The Hall–Kier alpha value is -2.43. The topological polar surface area (TPSA) is 69.7 Å². The smallest absolute Gasteiger partial charge is 0.338 e.